The molecule has 0 unspecified atom stereocenters. The molecule has 0 bridgehead atoms. The fourth-order valence-corrected chi connectivity index (χ4v) is 2.68. The molecule has 2 heterocycles. The van der Waals surface area contributed by atoms with Crippen molar-refractivity contribution in [2.75, 3.05) is 7.11 Å². The summed E-state index contributed by atoms with van der Waals surface area (Å²) >= 11 is 0. The molecule has 1 aromatic heterocycles. The summed E-state index contributed by atoms with van der Waals surface area (Å²) in [5.41, 5.74) is 7.97. The topological polar surface area (TPSA) is 140 Å². The standard InChI is InChI=1S/C15H13N5O4/c1-23-7-11-13-12(8-2-4-9(5-3-8)20(21)22)10(6-16)14(17)24-15(13)19-18-11/h2-5,12H,7,17H2,1H3,(H,18,19)/t12-/m0/s1. The number of H-pyrrole nitrogens is 1. The normalized spacial score (nSPS) is 16.2. The van der Waals surface area contributed by atoms with E-state index in [1.165, 1.54) is 19.2 Å². The molecule has 122 valence electrons. The maximum atomic E-state index is 10.8. The quantitative estimate of drug-likeness (QED) is 0.643. The Morgan fingerprint density at radius 3 is 2.79 bits per heavy atom. The average Bonchev–Trinajstić information content (AvgIpc) is 2.96. The van der Waals surface area contributed by atoms with E-state index in [9.17, 15) is 15.4 Å². The number of hydrogen-bond acceptors (Lipinski definition) is 7. The Morgan fingerprint density at radius 1 is 1.50 bits per heavy atom. The minimum Gasteiger partial charge on any atom is -0.420 e. The van der Waals surface area contributed by atoms with Gasteiger partial charge in [0, 0.05) is 19.2 Å². The van der Waals surface area contributed by atoms with Crippen molar-refractivity contribution in [3.63, 3.8) is 0 Å². The fraction of sp³-hybridized carbons (Fsp3) is 0.200. The van der Waals surface area contributed by atoms with Crippen LogP contribution in [-0.2, 0) is 11.3 Å². The molecule has 1 aliphatic heterocycles. The number of aromatic nitrogens is 2. The summed E-state index contributed by atoms with van der Waals surface area (Å²) in [5, 5.41) is 27.2. The number of hydrogen-bond donors (Lipinski definition) is 2. The van der Waals surface area contributed by atoms with E-state index in [-0.39, 0.29) is 29.6 Å². The Bertz CT molecular complexity index is 863. The van der Waals surface area contributed by atoms with Gasteiger partial charge in [0.05, 0.1) is 28.7 Å². The van der Waals surface area contributed by atoms with Crippen LogP contribution in [0.25, 0.3) is 0 Å². The summed E-state index contributed by atoms with van der Waals surface area (Å²) in [5.74, 6) is -0.311. The Morgan fingerprint density at radius 2 is 2.21 bits per heavy atom. The van der Waals surface area contributed by atoms with E-state index in [0.29, 0.717) is 16.8 Å². The number of fused-ring (bicyclic) bond motifs is 1. The number of rotatable bonds is 4. The summed E-state index contributed by atoms with van der Waals surface area (Å²) in [7, 11) is 1.53. The number of aromatic amines is 1. The Hall–Kier alpha value is -3.38. The van der Waals surface area contributed by atoms with Gasteiger partial charge >= 0.3 is 0 Å². The van der Waals surface area contributed by atoms with E-state index in [4.69, 9.17) is 15.2 Å². The highest BCUT2D eigenvalue weighted by Crippen LogP contribution is 2.43. The second-order valence-corrected chi connectivity index (χ2v) is 5.13. The molecule has 0 spiro atoms. The summed E-state index contributed by atoms with van der Waals surface area (Å²) in [6.07, 6.45) is 0. The molecule has 9 heteroatoms. The van der Waals surface area contributed by atoms with Gasteiger partial charge in [-0.15, -0.1) is 5.10 Å². The van der Waals surface area contributed by atoms with Crippen molar-refractivity contribution in [3.8, 4) is 11.9 Å². The molecule has 0 aliphatic carbocycles. The van der Waals surface area contributed by atoms with Crippen LogP contribution in [-0.4, -0.2) is 22.2 Å². The zero-order valence-corrected chi connectivity index (χ0v) is 12.6. The molecule has 9 nitrogen and oxygen atoms in total. The highest BCUT2D eigenvalue weighted by atomic mass is 16.6. The van der Waals surface area contributed by atoms with Crippen LogP contribution in [0, 0.1) is 21.4 Å². The van der Waals surface area contributed by atoms with Crippen molar-refractivity contribution in [1.82, 2.24) is 10.2 Å². The first-order chi connectivity index (χ1) is 11.6. The van der Waals surface area contributed by atoms with E-state index in [2.05, 4.69) is 16.3 Å². The van der Waals surface area contributed by atoms with Crippen LogP contribution < -0.4 is 10.5 Å². The second kappa shape index (κ2) is 6.02. The average molecular weight is 327 g/mol. The lowest BCUT2D eigenvalue weighted by Gasteiger charge is -2.23. The number of methoxy groups -OCH3 is 1. The van der Waals surface area contributed by atoms with Crippen LogP contribution in [0.3, 0.4) is 0 Å². The van der Waals surface area contributed by atoms with Gasteiger partial charge in [0.25, 0.3) is 5.69 Å². The first-order valence-electron chi connectivity index (χ1n) is 6.94. The third kappa shape index (κ3) is 2.45. The number of allylic oxidation sites excluding steroid dienone is 1. The van der Waals surface area contributed by atoms with Crippen LogP contribution in [0.4, 0.5) is 5.69 Å². The largest absolute Gasteiger partial charge is 0.420 e. The first kappa shape index (κ1) is 15.5. The lowest BCUT2D eigenvalue weighted by Crippen LogP contribution is -2.21. The van der Waals surface area contributed by atoms with E-state index in [1.54, 1.807) is 12.1 Å². The lowest BCUT2D eigenvalue weighted by molar-refractivity contribution is -0.384. The Balaban J connectivity index is 2.15. The molecule has 2 aromatic rings. The smallest absolute Gasteiger partial charge is 0.269 e. The van der Waals surface area contributed by atoms with Crippen molar-refractivity contribution in [3.05, 3.63) is 62.7 Å². The molecule has 3 rings (SSSR count). The van der Waals surface area contributed by atoms with E-state index < -0.39 is 10.8 Å². The van der Waals surface area contributed by atoms with Crippen LogP contribution in [0.5, 0.6) is 5.88 Å². The molecule has 0 saturated heterocycles. The van der Waals surface area contributed by atoms with Crippen molar-refractivity contribution in [2.24, 2.45) is 5.73 Å². The zero-order chi connectivity index (χ0) is 17.3. The van der Waals surface area contributed by atoms with Crippen molar-refractivity contribution in [2.45, 2.75) is 12.5 Å². The van der Waals surface area contributed by atoms with Crippen LogP contribution in [0.15, 0.2) is 35.7 Å². The summed E-state index contributed by atoms with van der Waals surface area (Å²) < 4.78 is 10.5. The second-order valence-electron chi connectivity index (χ2n) is 5.13. The van der Waals surface area contributed by atoms with Crippen molar-refractivity contribution >= 4 is 5.69 Å². The molecule has 1 aliphatic rings. The molecule has 0 saturated carbocycles. The van der Waals surface area contributed by atoms with Gasteiger partial charge in [-0.2, -0.15) is 5.26 Å². The molecule has 0 fully saturated rings. The van der Waals surface area contributed by atoms with Crippen molar-refractivity contribution < 1.29 is 14.4 Å². The van der Waals surface area contributed by atoms with E-state index >= 15 is 0 Å². The van der Waals surface area contributed by atoms with Gasteiger partial charge in [-0.25, -0.2) is 0 Å². The minimum absolute atomic E-state index is 0.0363. The van der Waals surface area contributed by atoms with Crippen LogP contribution in [0.1, 0.15) is 22.7 Å². The zero-order valence-electron chi connectivity index (χ0n) is 12.6. The molecule has 1 atom stereocenters. The predicted molar refractivity (Wildman–Crippen MR) is 81.7 cm³/mol. The Labute approximate surface area is 136 Å². The highest BCUT2D eigenvalue weighted by molar-refractivity contribution is 5.55. The number of non-ortho nitro benzene ring substituents is 1. The SMILES string of the molecule is COCc1[nH]nc2c1[C@@H](c1ccc([N+](=O)[O-])cc1)C(C#N)=C(N)O2. The first-order valence-corrected chi connectivity index (χ1v) is 6.94. The predicted octanol–water partition coefficient (Wildman–Crippen LogP) is 1.68. The molecular weight excluding hydrogens is 314 g/mol. The molecule has 3 N–H and O–H groups in total. The fourth-order valence-electron chi connectivity index (χ4n) is 2.68. The van der Waals surface area contributed by atoms with Gasteiger partial charge in [0.2, 0.25) is 11.8 Å². The summed E-state index contributed by atoms with van der Waals surface area (Å²) in [4.78, 5) is 10.3. The lowest BCUT2D eigenvalue weighted by atomic mass is 9.84. The monoisotopic (exact) mass is 327 g/mol. The van der Waals surface area contributed by atoms with Crippen LogP contribution >= 0.6 is 0 Å². The van der Waals surface area contributed by atoms with Crippen molar-refractivity contribution in [1.29, 1.82) is 5.26 Å². The highest BCUT2D eigenvalue weighted by Gasteiger charge is 2.35. The van der Waals surface area contributed by atoms with Gasteiger partial charge < -0.3 is 15.2 Å². The summed E-state index contributed by atoms with van der Waals surface area (Å²) in [6.45, 7) is 0.244. The number of nitriles is 1. The molecule has 1 aromatic carbocycles. The van der Waals surface area contributed by atoms with E-state index in [0.717, 1.165) is 0 Å². The van der Waals surface area contributed by atoms with Crippen LogP contribution in [0.2, 0.25) is 0 Å². The van der Waals surface area contributed by atoms with Gasteiger partial charge in [0.15, 0.2) is 0 Å². The van der Waals surface area contributed by atoms with Gasteiger partial charge in [-0.3, -0.25) is 15.2 Å². The maximum absolute atomic E-state index is 10.8. The number of nitro benzene ring substituents is 1. The number of nitrogens with zero attached hydrogens (tertiary/aromatic N) is 3. The number of ether oxygens (including phenoxy) is 2. The Kier molecular flexibility index (Phi) is 3.89. The van der Waals surface area contributed by atoms with Gasteiger partial charge in [0.1, 0.15) is 11.6 Å². The molecule has 24 heavy (non-hydrogen) atoms. The number of nitrogens with one attached hydrogen (secondary N) is 1. The van der Waals surface area contributed by atoms with E-state index in [1.807, 2.05) is 0 Å². The maximum Gasteiger partial charge on any atom is 0.269 e. The van der Waals surface area contributed by atoms with Gasteiger partial charge in [-0.05, 0) is 5.56 Å². The molecule has 0 radical (unpaired) electrons. The minimum atomic E-state index is -0.538. The number of nitro groups is 1. The number of nitrogens with two attached hydrogens (primary N) is 1. The number of benzene rings is 1. The van der Waals surface area contributed by atoms with Gasteiger partial charge in [-0.1, -0.05) is 12.1 Å². The third-order valence-corrected chi connectivity index (χ3v) is 3.74. The third-order valence-electron chi connectivity index (χ3n) is 3.74. The summed E-state index contributed by atoms with van der Waals surface area (Å²) in [6, 6.07) is 7.99. The molecule has 0 amide bonds. The molecular formula is C15H13N5O4.